The lowest BCUT2D eigenvalue weighted by atomic mass is 9.97. The van der Waals surface area contributed by atoms with Crippen LogP contribution in [0, 0.1) is 6.92 Å². The van der Waals surface area contributed by atoms with Gasteiger partial charge in [-0.2, -0.15) is 0 Å². The summed E-state index contributed by atoms with van der Waals surface area (Å²) in [5, 5.41) is 14.8. The Morgan fingerprint density at radius 3 is 2.69 bits per heavy atom. The Labute approximate surface area is 166 Å². The summed E-state index contributed by atoms with van der Waals surface area (Å²) in [7, 11) is 1.64. The van der Waals surface area contributed by atoms with E-state index in [9.17, 15) is 14.7 Å². The number of aromatic nitrogens is 2. The predicted octanol–water partition coefficient (Wildman–Crippen LogP) is 1.86. The van der Waals surface area contributed by atoms with E-state index < -0.39 is 17.4 Å². The molecule has 1 atom stereocenters. The molecule has 2 amide bonds. The Hall–Kier alpha value is -3.52. The maximum atomic E-state index is 12.3. The maximum Gasteiger partial charge on any atom is 0.267 e. The van der Waals surface area contributed by atoms with Crippen molar-refractivity contribution in [3.63, 3.8) is 0 Å². The number of benzene rings is 1. The number of carbonyl (C=O) groups excluding carboxylic acids is 2. The highest BCUT2D eigenvalue weighted by Gasteiger charge is 2.48. The molecular formula is C21H20N4O4. The molecular weight excluding hydrogens is 372 g/mol. The summed E-state index contributed by atoms with van der Waals surface area (Å²) in [4.78, 5) is 29.6. The Balaban J connectivity index is 1.71. The Bertz CT molecular complexity index is 1120. The van der Waals surface area contributed by atoms with Gasteiger partial charge in [-0.15, -0.1) is 0 Å². The van der Waals surface area contributed by atoms with Gasteiger partial charge in [0.25, 0.3) is 11.8 Å². The van der Waals surface area contributed by atoms with Crippen LogP contribution >= 0.6 is 0 Å². The number of nitrogens with two attached hydrogens (primary N) is 1. The van der Waals surface area contributed by atoms with Crippen molar-refractivity contribution in [2.45, 2.75) is 18.9 Å². The molecule has 1 fully saturated rings. The van der Waals surface area contributed by atoms with Crippen LogP contribution in [-0.2, 0) is 10.4 Å². The topological polar surface area (TPSA) is 123 Å². The summed E-state index contributed by atoms with van der Waals surface area (Å²) in [6, 6.07) is 12.4. The van der Waals surface area contributed by atoms with Crippen LogP contribution in [-0.4, -0.2) is 45.6 Å². The molecule has 0 unspecified atom stereocenters. The van der Waals surface area contributed by atoms with Gasteiger partial charge in [0, 0.05) is 37.2 Å². The molecule has 0 spiro atoms. The lowest BCUT2D eigenvalue weighted by molar-refractivity contribution is -0.144. The van der Waals surface area contributed by atoms with Crippen molar-refractivity contribution >= 4 is 11.8 Å². The molecule has 8 nitrogen and oxygen atoms in total. The molecule has 1 aromatic carbocycles. The highest BCUT2D eigenvalue weighted by molar-refractivity contribution is 5.91. The average molecular weight is 392 g/mol. The fourth-order valence-electron chi connectivity index (χ4n) is 3.47. The second kappa shape index (κ2) is 6.82. The van der Waals surface area contributed by atoms with Gasteiger partial charge in [0.15, 0.2) is 5.76 Å². The number of aliphatic hydroxyl groups is 1. The van der Waals surface area contributed by atoms with E-state index in [2.05, 4.69) is 10.1 Å². The van der Waals surface area contributed by atoms with E-state index in [0.717, 1.165) is 16.7 Å². The average Bonchev–Trinajstić information content (AvgIpc) is 3.31. The number of hydrogen-bond acceptors (Lipinski definition) is 6. The number of carbonyl (C=O) groups is 2. The van der Waals surface area contributed by atoms with Gasteiger partial charge in [0.05, 0.1) is 5.69 Å². The van der Waals surface area contributed by atoms with Crippen molar-refractivity contribution < 1.29 is 19.2 Å². The quantitative estimate of drug-likeness (QED) is 0.699. The summed E-state index contributed by atoms with van der Waals surface area (Å²) in [5.41, 5.74) is 7.37. The smallest absolute Gasteiger partial charge is 0.267 e. The summed E-state index contributed by atoms with van der Waals surface area (Å²) in [6.45, 7) is 2.34. The molecule has 3 aromatic rings. The largest absolute Gasteiger partial charge is 0.373 e. The van der Waals surface area contributed by atoms with Gasteiger partial charge < -0.3 is 20.3 Å². The van der Waals surface area contributed by atoms with Crippen molar-refractivity contribution in [2.75, 3.05) is 13.6 Å². The first kappa shape index (κ1) is 18.8. The molecule has 0 radical (unpaired) electrons. The number of likely N-dealkylation sites (tertiary alicyclic amines) is 1. The van der Waals surface area contributed by atoms with Gasteiger partial charge in [-0.25, -0.2) is 4.98 Å². The highest BCUT2D eigenvalue weighted by Crippen LogP contribution is 2.35. The van der Waals surface area contributed by atoms with E-state index in [-0.39, 0.29) is 17.9 Å². The molecule has 1 saturated heterocycles. The first-order chi connectivity index (χ1) is 13.8. The Kier molecular flexibility index (Phi) is 4.43. The Morgan fingerprint density at radius 1 is 1.24 bits per heavy atom. The van der Waals surface area contributed by atoms with Gasteiger partial charge in [0.1, 0.15) is 11.4 Å². The zero-order valence-electron chi connectivity index (χ0n) is 16.0. The second-order valence-corrected chi connectivity index (χ2v) is 7.22. The van der Waals surface area contributed by atoms with E-state index in [1.54, 1.807) is 25.2 Å². The number of amides is 2. The van der Waals surface area contributed by atoms with Gasteiger partial charge in [-0.3, -0.25) is 9.59 Å². The van der Waals surface area contributed by atoms with E-state index in [0.29, 0.717) is 17.9 Å². The van der Waals surface area contributed by atoms with Crippen LogP contribution in [0.15, 0.2) is 47.0 Å². The minimum Gasteiger partial charge on any atom is -0.373 e. The predicted molar refractivity (Wildman–Crippen MR) is 105 cm³/mol. The third-order valence-corrected chi connectivity index (χ3v) is 5.21. The summed E-state index contributed by atoms with van der Waals surface area (Å²) in [5.74, 6) is -0.877. The van der Waals surface area contributed by atoms with Crippen LogP contribution in [0.25, 0.3) is 22.5 Å². The number of primary amides is 1. The first-order valence-electron chi connectivity index (χ1n) is 9.13. The molecule has 8 heteroatoms. The molecule has 0 saturated carbocycles. The number of nitrogens with zero attached hydrogens (tertiary/aromatic N) is 3. The molecule has 0 bridgehead atoms. The third kappa shape index (κ3) is 3.17. The molecule has 3 N–H and O–H groups in total. The van der Waals surface area contributed by atoms with Crippen LogP contribution in [0.2, 0.25) is 0 Å². The lowest BCUT2D eigenvalue weighted by Gasteiger charge is -2.16. The van der Waals surface area contributed by atoms with E-state index in [4.69, 9.17) is 10.3 Å². The third-order valence-electron chi connectivity index (χ3n) is 5.21. The molecule has 4 rings (SSSR count). The molecule has 3 heterocycles. The van der Waals surface area contributed by atoms with Gasteiger partial charge in [-0.1, -0.05) is 29.4 Å². The molecule has 2 aromatic heterocycles. The van der Waals surface area contributed by atoms with E-state index >= 15 is 0 Å². The second-order valence-electron chi connectivity index (χ2n) is 7.22. The van der Waals surface area contributed by atoms with Gasteiger partial charge in [0.2, 0.25) is 5.60 Å². The minimum atomic E-state index is -1.69. The zero-order chi connectivity index (χ0) is 20.8. The van der Waals surface area contributed by atoms with Crippen molar-refractivity contribution in [1.82, 2.24) is 15.0 Å². The molecule has 148 valence electrons. The minimum absolute atomic E-state index is 0.122. The van der Waals surface area contributed by atoms with Crippen LogP contribution in [0.5, 0.6) is 0 Å². The first-order valence-corrected chi connectivity index (χ1v) is 9.13. The fraction of sp³-hybridized carbons (Fsp3) is 0.238. The number of likely N-dealkylation sites (N-methyl/N-ethyl adjacent to an activating group) is 1. The summed E-state index contributed by atoms with van der Waals surface area (Å²) >= 11 is 0. The van der Waals surface area contributed by atoms with Crippen molar-refractivity contribution in [2.24, 2.45) is 5.73 Å². The van der Waals surface area contributed by atoms with Gasteiger partial charge >= 0.3 is 0 Å². The number of aryl methyl sites for hydroxylation is 1. The van der Waals surface area contributed by atoms with Crippen molar-refractivity contribution in [3.8, 4) is 22.5 Å². The zero-order valence-corrected chi connectivity index (χ0v) is 16.0. The number of rotatable bonds is 4. The summed E-state index contributed by atoms with van der Waals surface area (Å²) in [6.07, 6.45) is 0.250. The van der Waals surface area contributed by atoms with Gasteiger partial charge in [-0.05, 0) is 24.6 Å². The van der Waals surface area contributed by atoms with E-state index in [1.165, 1.54) is 4.90 Å². The SMILES string of the molecule is Cc1ccc(C(N)=O)nc1-c1cccc(-c2cc([C@]3(O)CCN(C)C3=O)on2)c1. The van der Waals surface area contributed by atoms with Crippen LogP contribution in [0.3, 0.4) is 0 Å². The molecule has 1 aliphatic heterocycles. The van der Waals surface area contributed by atoms with Crippen LogP contribution in [0.1, 0.15) is 28.2 Å². The standard InChI is InChI=1S/C21H20N4O4/c1-12-6-7-15(19(22)26)23-18(12)14-5-3-4-13(10-14)16-11-17(29-24-16)21(28)8-9-25(2)20(21)27/h3-7,10-11,28H,8-9H2,1-2H3,(H2,22,26)/t21-/m1/s1. The van der Waals surface area contributed by atoms with E-state index in [1.807, 2.05) is 31.2 Å². The Morgan fingerprint density at radius 2 is 2.00 bits per heavy atom. The van der Waals surface area contributed by atoms with Crippen LogP contribution in [0.4, 0.5) is 0 Å². The summed E-state index contributed by atoms with van der Waals surface area (Å²) < 4.78 is 5.32. The van der Waals surface area contributed by atoms with Crippen LogP contribution < -0.4 is 5.73 Å². The highest BCUT2D eigenvalue weighted by atomic mass is 16.5. The van der Waals surface area contributed by atoms with Crippen molar-refractivity contribution in [3.05, 3.63) is 59.5 Å². The molecule has 0 aliphatic carbocycles. The van der Waals surface area contributed by atoms with Crippen molar-refractivity contribution in [1.29, 1.82) is 0 Å². The number of hydrogen-bond donors (Lipinski definition) is 2. The lowest BCUT2D eigenvalue weighted by Crippen LogP contribution is -2.35. The normalized spacial score (nSPS) is 19.0. The maximum absolute atomic E-state index is 12.3. The molecule has 29 heavy (non-hydrogen) atoms. The monoisotopic (exact) mass is 392 g/mol. The number of pyridine rings is 1. The molecule has 1 aliphatic rings. The fourth-order valence-corrected chi connectivity index (χ4v) is 3.47.